The molecule has 5 rings (SSSR count). The first kappa shape index (κ1) is 21.4. The van der Waals surface area contributed by atoms with Gasteiger partial charge in [-0.1, -0.05) is 18.2 Å². The minimum atomic E-state index is 0.111. The molecule has 2 aromatic rings. The normalized spacial score (nSPS) is 22.2. The van der Waals surface area contributed by atoms with E-state index in [0.717, 1.165) is 75.4 Å². The molecular formula is C26H33N3O3. The van der Waals surface area contributed by atoms with Gasteiger partial charge in [-0.3, -0.25) is 14.7 Å². The molecular weight excluding hydrogens is 402 g/mol. The van der Waals surface area contributed by atoms with Crippen molar-refractivity contribution in [1.29, 1.82) is 0 Å². The summed E-state index contributed by atoms with van der Waals surface area (Å²) in [5.41, 5.74) is 3.56. The average molecular weight is 436 g/mol. The summed E-state index contributed by atoms with van der Waals surface area (Å²) in [5, 5.41) is 0. The zero-order valence-corrected chi connectivity index (χ0v) is 19.0. The van der Waals surface area contributed by atoms with Crippen LogP contribution < -0.4 is 4.74 Å². The predicted molar refractivity (Wildman–Crippen MR) is 123 cm³/mol. The Labute approximate surface area is 190 Å². The Bertz CT molecular complexity index is 943. The number of hydrogen-bond acceptors (Lipinski definition) is 5. The lowest BCUT2D eigenvalue weighted by molar-refractivity contribution is -0.150. The van der Waals surface area contributed by atoms with E-state index in [0.29, 0.717) is 18.9 Å². The number of nitrogens with zero attached hydrogens (tertiary/aromatic N) is 3. The Balaban J connectivity index is 1.12. The van der Waals surface area contributed by atoms with Crippen LogP contribution in [-0.4, -0.2) is 66.1 Å². The van der Waals surface area contributed by atoms with Crippen molar-refractivity contribution in [2.24, 2.45) is 5.92 Å². The van der Waals surface area contributed by atoms with Gasteiger partial charge >= 0.3 is 0 Å². The predicted octanol–water partition coefficient (Wildman–Crippen LogP) is 3.09. The van der Waals surface area contributed by atoms with Crippen molar-refractivity contribution in [3.8, 4) is 5.75 Å². The number of piperidine rings is 1. The van der Waals surface area contributed by atoms with Crippen LogP contribution in [0, 0.1) is 5.92 Å². The lowest BCUT2D eigenvalue weighted by Crippen LogP contribution is -2.72. The molecule has 2 fully saturated rings. The second kappa shape index (κ2) is 9.20. The first-order valence-corrected chi connectivity index (χ1v) is 11.8. The number of pyridine rings is 1. The summed E-state index contributed by atoms with van der Waals surface area (Å²) in [5.74, 6) is 1.76. The van der Waals surface area contributed by atoms with E-state index >= 15 is 0 Å². The van der Waals surface area contributed by atoms with Crippen molar-refractivity contribution in [3.05, 3.63) is 59.4 Å². The number of fused-ring (bicyclic) bond motifs is 1. The highest BCUT2D eigenvalue weighted by Crippen LogP contribution is 2.38. The summed E-state index contributed by atoms with van der Waals surface area (Å²) in [7, 11) is 2.21. The number of carbonyl (C=O) groups is 1. The van der Waals surface area contributed by atoms with E-state index in [1.807, 2.05) is 35.4 Å². The molecule has 0 radical (unpaired) electrons. The number of benzene rings is 1. The molecule has 1 spiro atoms. The lowest BCUT2D eigenvalue weighted by Gasteiger charge is -2.58. The van der Waals surface area contributed by atoms with E-state index in [9.17, 15) is 4.79 Å². The van der Waals surface area contributed by atoms with Gasteiger partial charge < -0.3 is 14.4 Å². The molecule has 32 heavy (non-hydrogen) atoms. The zero-order chi connectivity index (χ0) is 22.0. The van der Waals surface area contributed by atoms with Gasteiger partial charge in [0.1, 0.15) is 5.75 Å². The Morgan fingerprint density at radius 3 is 3.03 bits per heavy atom. The van der Waals surface area contributed by atoms with Crippen LogP contribution in [0.1, 0.15) is 36.0 Å². The van der Waals surface area contributed by atoms with Crippen LogP contribution >= 0.6 is 0 Å². The molecule has 1 amide bonds. The molecule has 3 aliphatic heterocycles. The van der Waals surface area contributed by atoms with Crippen molar-refractivity contribution in [2.45, 2.75) is 44.2 Å². The number of amides is 1. The summed E-state index contributed by atoms with van der Waals surface area (Å²) in [6, 6.07) is 10.2. The Kier molecular flexibility index (Phi) is 6.15. The molecule has 1 aromatic carbocycles. The summed E-state index contributed by atoms with van der Waals surface area (Å²) >= 11 is 0. The summed E-state index contributed by atoms with van der Waals surface area (Å²) in [6.45, 7) is 4.90. The van der Waals surface area contributed by atoms with Crippen LogP contribution in [0.2, 0.25) is 0 Å². The molecule has 2 saturated heterocycles. The SMILES string of the molecule is CN1CCC(COCc2cccnc2)CC12CN(C(=O)Cc1ccc3c(c1)CCCO3)C2. The maximum atomic E-state index is 13.0. The first-order valence-electron chi connectivity index (χ1n) is 11.8. The number of hydrogen-bond donors (Lipinski definition) is 0. The fourth-order valence-electron chi connectivity index (χ4n) is 5.40. The minimum Gasteiger partial charge on any atom is -0.493 e. The molecule has 3 aliphatic rings. The minimum absolute atomic E-state index is 0.111. The van der Waals surface area contributed by atoms with Crippen molar-refractivity contribution in [1.82, 2.24) is 14.8 Å². The molecule has 170 valence electrons. The van der Waals surface area contributed by atoms with Crippen molar-refractivity contribution in [2.75, 3.05) is 39.9 Å². The highest BCUT2D eigenvalue weighted by atomic mass is 16.5. The maximum absolute atomic E-state index is 13.0. The summed E-state index contributed by atoms with van der Waals surface area (Å²) in [4.78, 5) is 21.6. The second-order valence-electron chi connectivity index (χ2n) is 9.70. The standard InChI is InChI=1S/C26H33N3O3/c1-28-10-8-21(16-31-17-22-4-2-9-27-15-22)14-26(28)18-29(19-26)25(30)13-20-6-7-24-23(12-20)5-3-11-32-24/h2,4,6-7,9,12,15,21H,3,5,8,10-11,13-14,16-19H2,1H3. The molecule has 0 saturated carbocycles. The lowest BCUT2D eigenvalue weighted by atomic mass is 9.75. The number of likely N-dealkylation sites (N-methyl/N-ethyl adjacent to an activating group) is 1. The number of rotatable bonds is 6. The van der Waals surface area contributed by atoms with Gasteiger partial charge in [0.15, 0.2) is 0 Å². The van der Waals surface area contributed by atoms with Gasteiger partial charge in [0.2, 0.25) is 5.91 Å². The highest BCUT2D eigenvalue weighted by Gasteiger charge is 2.50. The molecule has 0 bridgehead atoms. The Morgan fingerprint density at radius 1 is 1.28 bits per heavy atom. The van der Waals surface area contributed by atoms with Crippen LogP contribution in [0.3, 0.4) is 0 Å². The molecule has 0 N–H and O–H groups in total. The third-order valence-corrected chi connectivity index (χ3v) is 7.35. The fourth-order valence-corrected chi connectivity index (χ4v) is 5.40. The fraction of sp³-hybridized carbons (Fsp3) is 0.538. The highest BCUT2D eigenvalue weighted by molar-refractivity contribution is 5.80. The van der Waals surface area contributed by atoms with E-state index in [1.165, 1.54) is 5.56 Å². The number of aromatic nitrogens is 1. The third-order valence-electron chi connectivity index (χ3n) is 7.35. The number of ether oxygens (including phenoxy) is 2. The van der Waals surface area contributed by atoms with E-state index in [1.54, 1.807) is 6.20 Å². The topological polar surface area (TPSA) is 54.9 Å². The van der Waals surface area contributed by atoms with E-state index in [4.69, 9.17) is 9.47 Å². The monoisotopic (exact) mass is 435 g/mol. The molecule has 6 nitrogen and oxygen atoms in total. The average Bonchev–Trinajstić information content (AvgIpc) is 2.79. The Morgan fingerprint density at radius 2 is 2.19 bits per heavy atom. The Hall–Kier alpha value is -2.44. The maximum Gasteiger partial charge on any atom is 0.227 e. The van der Waals surface area contributed by atoms with Gasteiger partial charge in [-0.05, 0) is 74.0 Å². The van der Waals surface area contributed by atoms with Crippen LogP contribution in [0.4, 0.5) is 0 Å². The summed E-state index contributed by atoms with van der Waals surface area (Å²) in [6.07, 6.45) is 8.46. The second-order valence-corrected chi connectivity index (χ2v) is 9.70. The van der Waals surface area contributed by atoms with Crippen LogP contribution in [0.25, 0.3) is 0 Å². The molecule has 1 atom stereocenters. The molecule has 6 heteroatoms. The molecule has 1 aromatic heterocycles. The van der Waals surface area contributed by atoms with Crippen LogP contribution in [0.15, 0.2) is 42.7 Å². The van der Waals surface area contributed by atoms with Crippen LogP contribution in [0.5, 0.6) is 5.75 Å². The van der Waals surface area contributed by atoms with Gasteiger partial charge in [-0.25, -0.2) is 0 Å². The van der Waals surface area contributed by atoms with Crippen molar-refractivity contribution < 1.29 is 14.3 Å². The van der Waals surface area contributed by atoms with Crippen molar-refractivity contribution >= 4 is 5.91 Å². The first-order chi connectivity index (χ1) is 15.6. The van der Waals surface area contributed by atoms with Crippen molar-refractivity contribution in [3.63, 3.8) is 0 Å². The number of likely N-dealkylation sites (tertiary alicyclic amines) is 2. The van der Waals surface area contributed by atoms with Gasteiger partial charge in [0.25, 0.3) is 0 Å². The third kappa shape index (κ3) is 4.52. The smallest absolute Gasteiger partial charge is 0.227 e. The largest absolute Gasteiger partial charge is 0.493 e. The van der Waals surface area contributed by atoms with Gasteiger partial charge in [-0.15, -0.1) is 0 Å². The van der Waals surface area contributed by atoms with Gasteiger partial charge in [-0.2, -0.15) is 0 Å². The molecule has 4 heterocycles. The van der Waals surface area contributed by atoms with E-state index in [2.05, 4.69) is 23.0 Å². The van der Waals surface area contributed by atoms with Gasteiger partial charge in [0.05, 0.1) is 25.2 Å². The van der Waals surface area contributed by atoms with Crippen LogP contribution in [-0.2, 0) is 29.0 Å². The molecule has 0 aliphatic carbocycles. The summed E-state index contributed by atoms with van der Waals surface area (Å²) < 4.78 is 11.7. The molecule has 1 unspecified atom stereocenters. The number of aryl methyl sites for hydroxylation is 1. The quantitative estimate of drug-likeness (QED) is 0.698. The van der Waals surface area contributed by atoms with E-state index in [-0.39, 0.29) is 11.4 Å². The van der Waals surface area contributed by atoms with E-state index < -0.39 is 0 Å². The zero-order valence-electron chi connectivity index (χ0n) is 19.0. The van der Waals surface area contributed by atoms with Gasteiger partial charge in [0, 0.05) is 32.1 Å². The number of carbonyl (C=O) groups excluding carboxylic acids is 1.